The maximum absolute atomic E-state index is 12.6. The monoisotopic (exact) mass is 377 g/mol. The highest BCUT2D eigenvalue weighted by atomic mass is 32.1. The summed E-state index contributed by atoms with van der Waals surface area (Å²) in [4.78, 5) is 12.8. The molecular weight excluding hydrogens is 350 g/mol. The second-order valence-corrected chi connectivity index (χ2v) is 13.1. The van der Waals surface area contributed by atoms with Gasteiger partial charge in [-0.25, -0.2) is 0 Å². The van der Waals surface area contributed by atoms with Crippen molar-refractivity contribution < 1.29 is 14.3 Å². The minimum Gasteiger partial charge on any atom is -0.511 e. The predicted molar refractivity (Wildman–Crippen MR) is 109 cm³/mol. The molecule has 136 valence electrons. The SMILES string of the molecule is CC(C)(C)[Si](C)(C)OC1CC(=O)C(C(=S)Nc2ccccc2)=C(O)C1. The van der Waals surface area contributed by atoms with Crippen LogP contribution < -0.4 is 5.32 Å². The van der Waals surface area contributed by atoms with Crippen molar-refractivity contribution in [2.75, 3.05) is 5.32 Å². The van der Waals surface area contributed by atoms with Crippen LogP contribution in [0.15, 0.2) is 41.7 Å². The van der Waals surface area contributed by atoms with Crippen molar-refractivity contribution in [2.24, 2.45) is 0 Å². The lowest BCUT2D eigenvalue weighted by molar-refractivity contribution is -0.117. The van der Waals surface area contributed by atoms with E-state index in [2.05, 4.69) is 39.2 Å². The summed E-state index contributed by atoms with van der Waals surface area (Å²) in [5.74, 6) is -0.144. The third kappa shape index (κ3) is 4.77. The smallest absolute Gasteiger partial charge is 0.192 e. The Morgan fingerprint density at radius 2 is 1.84 bits per heavy atom. The fourth-order valence-corrected chi connectivity index (χ4v) is 4.21. The predicted octanol–water partition coefficient (Wildman–Crippen LogP) is 4.99. The van der Waals surface area contributed by atoms with Crippen LogP contribution in [0.25, 0.3) is 0 Å². The Balaban J connectivity index is 2.12. The van der Waals surface area contributed by atoms with Crippen LogP contribution in [0.3, 0.4) is 0 Å². The zero-order chi connectivity index (χ0) is 18.8. The van der Waals surface area contributed by atoms with Crippen LogP contribution in [0.4, 0.5) is 5.69 Å². The van der Waals surface area contributed by atoms with Gasteiger partial charge in [-0.15, -0.1) is 0 Å². The summed E-state index contributed by atoms with van der Waals surface area (Å²) in [7, 11) is -2.00. The van der Waals surface area contributed by atoms with Gasteiger partial charge in [0.2, 0.25) is 0 Å². The van der Waals surface area contributed by atoms with E-state index in [0.29, 0.717) is 6.42 Å². The van der Waals surface area contributed by atoms with Crippen molar-refractivity contribution in [1.82, 2.24) is 0 Å². The van der Waals surface area contributed by atoms with E-state index in [9.17, 15) is 9.90 Å². The lowest BCUT2D eigenvalue weighted by Crippen LogP contribution is -2.45. The van der Waals surface area contributed by atoms with Crippen LogP contribution >= 0.6 is 12.2 Å². The molecule has 0 amide bonds. The first-order valence-corrected chi connectivity index (χ1v) is 11.8. The minimum atomic E-state index is -2.00. The molecule has 0 radical (unpaired) electrons. The number of aliphatic hydroxyl groups is 1. The first-order chi connectivity index (χ1) is 11.5. The third-order valence-corrected chi connectivity index (χ3v) is 9.77. The number of benzene rings is 1. The Morgan fingerprint density at radius 3 is 2.36 bits per heavy atom. The number of hydrogen-bond donors (Lipinski definition) is 2. The minimum absolute atomic E-state index is 0.0217. The standard InChI is InChI=1S/C19H27NO3SSi/c1-19(2,3)25(4,5)23-14-11-15(21)17(16(22)12-14)18(24)20-13-9-7-6-8-10-13/h6-10,14,21H,11-12H2,1-5H3,(H,20,24). The number of aliphatic hydroxyl groups excluding tert-OH is 1. The highest BCUT2D eigenvalue weighted by molar-refractivity contribution is 7.81. The van der Waals surface area contributed by atoms with Crippen molar-refractivity contribution in [3.63, 3.8) is 0 Å². The molecule has 0 bridgehead atoms. The van der Waals surface area contributed by atoms with Crippen LogP contribution in [0, 0.1) is 0 Å². The Kier molecular flexibility index (Phi) is 5.86. The normalized spacial score (nSPS) is 19.1. The van der Waals surface area contributed by atoms with E-state index < -0.39 is 8.32 Å². The first-order valence-electron chi connectivity index (χ1n) is 8.51. The van der Waals surface area contributed by atoms with Crippen molar-refractivity contribution in [3.05, 3.63) is 41.7 Å². The van der Waals surface area contributed by atoms with Gasteiger partial charge in [-0.05, 0) is 30.3 Å². The van der Waals surface area contributed by atoms with E-state index in [1.807, 2.05) is 30.3 Å². The summed E-state index contributed by atoms with van der Waals surface area (Å²) in [5.41, 5.74) is 1.01. The zero-order valence-electron chi connectivity index (χ0n) is 15.6. The summed E-state index contributed by atoms with van der Waals surface area (Å²) < 4.78 is 6.29. The molecule has 25 heavy (non-hydrogen) atoms. The Hall–Kier alpha value is -1.50. The molecule has 6 heteroatoms. The number of rotatable bonds is 4. The third-order valence-electron chi connectivity index (χ3n) is 4.93. The summed E-state index contributed by atoms with van der Waals surface area (Å²) in [5, 5.41) is 13.5. The summed E-state index contributed by atoms with van der Waals surface area (Å²) in [6.07, 6.45) is 0.295. The summed E-state index contributed by atoms with van der Waals surface area (Å²) in [6, 6.07) is 9.39. The van der Waals surface area contributed by atoms with Gasteiger partial charge in [0, 0.05) is 18.5 Å². The van der Waals surface area contributed by atoms with Crippen molar-refractivity contribution in [2.45, 2.75) is 57.8 Å². The van der Waals surface area contributed by atoms with E-state index in [4.69, 9.17) is 16.6 Å². The lowest BCUT2D eigenvalue weighted by Gasteiger charge is -2.40. The molecule has 0 saturated carbocycles. The number of Topliss-reactive ketones (excluding diaryl/α,β-unsaturated/α-hetero) is 1. The van der Waals surface area contributed by atoms with E-state index in [-0.39, 0.29) is 39.7 Å². The van der Waals surface area contributed by atoms with Gasteiger partial charge < -0.3 is 14.8 Å². The number of thiocarbonyl (C=S) groups is 1. The molecule has 1 aliphatic carbocycles. The molecule has 0 fully saturated rings. The van der Waals surface area contributed by atoms with Crippen LogP contribution in [0.2, 0.25) is 18.1 Å². The topological polar surface area (TPSA) is 58.6 Å². The largest absolute Gasteiger partial charge is 0.511 e. The van der Waals surface area contributed by atoms with Crippen LogP contribution in [0.5, 0.6) is 0 Å². The number of nitrogens with one attached hydrogen (secondary N) is 1. The molecule has 2 rings (SSSR count). The van der Waals surface area contributed by atoms with Crippen LogP contribution in [-0.2, 0) is 9.22 Å². The average Bonchev–Trinajstić information content (AvgIpc) is 2.45. The number of anilines is 1. The summed E-state index contributed by atoms with van der Waals surface area (Å²) in [6.45, 7) is 10.8. The van der Waals surface area contributed by atoms with E-state index in [0.717, 1.165) is 5.69 Å². The molecule has 1 aromatic rings. The number of ketones is 1. The van der Waals surface area contributed by atoms with Gasteiger partial charge in [0.25, 0.3) is 0 Å². The molecule has 0 aliphatic heterocycles. The molecule has 0 saturated heterocycles. The molecule has 1 aliphatic rings. The van der Waals surface area contributed by atoms with E-state index in [1.54, 1.807) is 0 Å². The highest BCUT2D eigenvalue weighted by Crippen LogP contribution is 2.39. The molecule has 0 aromatic heterocycles. The molecule has 0 spiro atoms. The van der Waals surface area contributed by atoms with Gasteiger partial charge >= 0.3 is 0 Å². The number of hydrogen-bond acceptors (Lipinski definition) is 4. The zero-order valence-corrected chi connectivity index (χ0v) is 17.4. The highest BCUT2D eigenvalue weighted by Gasteiger charge is 2.41. The molecule has 4 nitrogen and oxygen atoms in total. The fraction of sp³-hybridized carbons (Fsp3) is 0.474. The molecule has 1 unspecified atom stereocenters. The molecule has 0 heterocycles. The lowest BCUT2D eigenvalue weighted by atomic mass is 9.94. The maximum atomic E-state index is 12.6. The number of para-hydroxylation sites is 1. The van der Waals surface area contributed by atoms with Gasteiger partial charge in [0.1, 0.15) is 10.7 Å². The van der Waals surface area contributed by atoms with Crippen molar-refractivity contribution >= 4 is 37.0 Å². The molecule has 2 N–H and O–H groups in total. The van der Waals surface area contributed by atoms with Gasteiger partial charge in [0.15, 0.2) is 14.1 Å². The number of carbonyl (C=O) groups is 1. The Labute approximate surface area is 156 Å². The Bertz CT molecular complexity index is 692. The van der Waals surface area contributed by atoms with Crippen LogP contribution in [0.1, 0.15) is 33.6 Å². The average molecular weight is 378 g/mol. The quantitative estimate of drug-likeness (QED) is 0.572. The summed E-state index contributed by atoms with van der Waals surface area (Å²) >= 11 is 5.34. The Morgan fingerprint density at radius 1 is 1.24 bits per heavy atom. The van der Waals surface area contributed by atoms with Gasteiger partial charge in [-0.2, -0.15) is 0 Å². The van der Waals surface area contributed by atoms with Gasteiger partial charge in [0.05, 0.1) is 11.7 Å². The van der Waals surface area contributed by atoms with E-state index in [1.165, 1.54) is 0 Å². The number of carbonyl (C=O) groups excluding carboxylic acids is 1. The fourth-order valence-electron chi connectivity index (χ4n) is 2.51. The molecule has 1 aromatic carbocycles. The van der Waals surface area contributed by atoms with Crippen LogP contribution in [-0.4, -0.2) is 30.3 Å². The van der Waals surface area contributed by atoms with Gasteiger partial charge in [-0.1, -0.05) is 51.2 Å². The second-order valence-electron chi connectivity index (χ2n) is 7.97. The van der Waals surface area contributed by atoms with Crippen molar-refractivity contribution in [3.8, 4) is 0 Å². The second kappa shape index (κ2) is 7.39. The van der Waals surface area contributed by atoms with E-state index >= 15 is 0 Å². The maximum Gasteiger partial charge on any atom is 0.192 e. The molecule has 1 atom stereocenters. The van der Waals surface area contributed by atoms with Crippen molar-refractivity contribution in [1.29, 1.82) is 0 Å². The molecular formula is C19H27NO3SSi. The first kappa shape index (κ1) is 19.8. The van der Waals surface area contributed by atoms with Gasteiger partial charge in [-0.3, -0.25) is 4.79 Å².